The predicted octanol–water partition coefficient (Wildman–Crippen LogP) is 3.48. The van der Waals surface area contributed by atoms with Gasteiger partial charge in [-0.05, 0) is 66.4 Å². The minimum atomic E-state index is -0.166. The average Bonchev–Trinajstić information content (AvgIpc) is 2.76. The first kappa shape index (κ1) is 20.1. The fourth-order valence-corrected chi connectivity index (χ4v) is 3.23. The molecule has 0 saturated carbocycles. The van der Waals surface area contributed by atoms with Crippen molar-refractivity contribution in [3.63, 3.8) is 0 Å². The third-order valence-corrected chi connectivity index (χ3v) is 4.87. The van der Waals surface area contributed by atoms with Gasteiger partial charge in [-0.3, -0.25) is 9.59 Å². The highest BCUT2D eigenvalue weighted by Gasteiger charge is 2.12. The molecule has 0 fully saturated rings. The molecule has 0 aliphatic carbocycles. The molecule has 8 heteroatoms. The lowest BCUT2D eigenvalue weighted by molar-refractivity contribution is 0.0963. The lowest BCUT2D eigenvalue weighted by Gasteiger charge is -2.13. The Morgan fingerprint density at radius 3 is 2.48 bits per heavy atom. The summed E-state index contributed by atoms with van der Waals surface area (Å²) in [4.78, 5) is 33.6. The summed E-state index contributed by atoms with van der Waals surface area (Å²) < 4.78 is 1.51. The molecule has 0 radical (unpaired) electrons. The third-order valence-electron chi connectivity index (χ3n) is 4.87. The van der Waals surface area contributed by atoms with Gasteiger partial charge in [0.05, 0.1) is 5.39 Å². The van der Waals surface area contributed by atoms with Crippen molar-refractivity contribution in [1.29, 1.82) is 0 Å². The van der Waals surface area contributed by atoms with E-state index < -0.39 is 0 Å². The molecular weight excluding hydrogens is 392 g/mol. The zero-order valence-corrected chi connectivity index (χ0v) is 17.4. The number of hydrogen-bond donors (Lipinski definition) is 3. The van der Waals surface area contributed by atoms with E-state index in [4.69, 9.17) is 0 Å². The highest BCUT2D eigenvalue weighted by Crippen LogP contribution is 2.26. The normalized spacial score (nSPS) is 10.7. The van der Waals surface area contributed by atoms with Crippen LogP contribution in [0.1, 0.15) is 15.9 Å². The summed E-state index contributed by atoms with van der Waals surface area (Å²) in [7, 11) is 3.29. The molecule has 8 nitrogen and oxygen atoms in total. The first-order chi connectivity index (χ1) is 14.9. The van der Waals surface area contributed by atoms with Crippen molar-refractivity contribution in [1.82, 2.24) is 19.9 Å². The van der Waals surface area contributed by atoms with E-state index in [0.717, 1.165) is 10.9 Å². The second-order valence-corrected chi connectivity index (χ2v) is 7.18. The van der Waals surface area contributed by atoms with Crippen LogP contribution in [-0.4, -0.2) is 27.5 Å². The van der Waals surface area contributed by atoms with Crippen molar-refractivity contribution in [2.24, 2.45) is 7.05 Å². The second-order valence-electron chi connectivity index (χ2n) is 7.18. The van der Waals surface area contributed by atoms with Gasteiger partial charge < -0.3 is 20.5 Å². The number of benzene rings is 1. The molecule has 31 heavy (non-hydrogen) atoms. The molecule has 1 aromatic carbocycles. The molecule has 3 aromatic heterocycles. The third kappa shape index (κ3) is 4.23. The van der Waals surface area contributed by atoms with Crippen molar-refractivity contribution < 1.29 is 4.79 Å². The molecule has 0 atom stereocenters. The summed E-state index contributed by atoms with van der Waals surface area (Å²) >= 11 is 0. The van der Waals surface area contributed by atoms with E-state index in [1.165, 1.54) is 4.57 Å². The van der Waals surface area contributed by atoms with E-state index in [-0.39, 0.29) is 11.5 Å². The Balaban J connectivity index is 1.77. The molecule has 0 spiro atoms. The van der Waals surface area contributed by atoms with E-state index in [2.05, 4.69) is 25.9 Å². The molecule has 0 unspecified atom stereocenters. The smallest absolute Gasteiger partial charge is 0.261 e. The molecule has 0 saturated heterocycles. The first-order valence-electron chi connectivity index (χ1n) is 9.74. The van der Waals surface area contributed by atoms with Crippen LogP contribution in [0.3, 0.4) is 0 Å². The van der Waals surface area contributed by atoms with Gasteiger partial charge in [0.2, 0.25) is 0 Å². The lowest BCUT2D eigenvalue weighted by atomic mass is 10.1. The van der Waals surface area contributed by atoms with Crippen LogP contribution in [0.15, 0.2) is 65.7 Å². The molecule has 4 rings (SSSR count). The molecule has 3 N–H and O–H groups in total. The Hall–Kier alpha value is -4.20. The Bertz CT molecular complexity index is 1330. The van der Waals surface area contributed by atoms with E-state index >= 15 is 0 Å². The number of aromatic nitrogens is 3. The maximum atomic E-state index is 12.8. The van der Waals surface area contributed by atoms with Gasteiger partial charge in [-0.15, -0.1) is 0 Å². The topological polar surface area (TPSA) is 101 Å². The number of fused-ring (bicyclic) bond motifs is 1. The van der Waals surface area contributed by atoms with Crippen molar-refractivity contribution >= 4 is 39.8 Å². The summed E-state index contributed by atoms with van der Waals surface area (Å²) in [6, 6.07) is 14.5. The Morgan fingerprint density at radius 1 is 1.00 bits per heavy atom. The summed E-state index contributed by atoms with van der Waals surface area (Å²) in [6.45, 7) is 1.99. The fraction of sp³-hybridized carbons (Fsp3) is 0.130. The van der Waals surface area contributed by atoms with E-state index in [9.17, 15) is 9.59 Å². The average molecular weight is 414 g/mol. The van der Waals surface area contributed by atoms with Gasteiger partial charge in [0.15, 0.2) is 0 Å². The summed E-state index contributed by atoms with van der Waals surface area (Å²) in [5, 5.41) is 10.2. The van der Waals surface area contributed by atoms with E-state index in [1.54, 1.807) is 50.8 Å². The zero-order chi connectivity index (χ0) is 22.0. The molecule has 0 aliphatic rings. The van der Waals surface area contributed by atoms with Crippen LogP contribution in [0.25, 0.3) is 10.8 Å². The quantitative estimate of drug-likeness (QED) is 0.462. The first-order valence-corrected chi connectivity index (χ1v) is 9.74. The number of hydrogen-bond acceptors (Lipinski definition) is 6. The van der Waals surface area contributed by atoms with Gasteiger partial charge in [0.25, 0.3) is 11.5 Å². The summed E-state index contributed by atoms with van der Waals surface area (Å²) in [6.07, 6.45) is 3.45. The van der Waals surface area contributed by atoms with Gasteiger partial charge >= 0.3 is 0 Å². The van der Waals surface area contributed by atoms with Gasteiger partial charge in [-0.1, -0.05) is 0 Å². The van der Waals surface area contributed by atoms with Crippen molar-refractivity contribution in [3.05, 3.63) is 82.4 Å². The van der Waals surface area contributed by atoms with Crippen molar-refractivity contribution in [3.8, 4) is 0 Å². The second kappa shape index (κ2) is 8.27. The molecule has 0 bridgehead atoms. The molecule has 0 aliphatic heterocycles. The summed E-state index contributed by atoms with van der Waals surface area (Å²) in [5.41, 5.74) is 2.16. The number of amides is 1. The van der Waals surface area contributed by atoms with Gasteiger partial charge in [-0.25, -0.2) is 9.97 Å². The predicted molar refractivity (Wildman–Crippen MR) is 122 cm³/mol. The van der Waals surface area contributed by atoms with E-state index in [0.29, 0.717) is 34.1 Å². The highest BCUT2D eigenvalue weighted by molar-refractivity contribution is 5.96. The van der Waals surface area contributed by atoms with Crippen LogP contribution in [-0.2, 0) is 7.05 Å². The number of pyridine rings is 3. The zero-order valence-electron chi connectivity index (χ0n) is 17.4. The number of nitrogens with zero attached hydrogens (tertiary/aromatic N) is 3. The number of carbonyl (C=O) groups is 1. The van der Waals surface area contributed by atoms with Crippen molar-refractivity contribution in [2.75, 3.05) is 17.7 Å². The number of nitrogens with one attached hydrogen (secondary N) is 3. The maximum Gasteiger partial charge on any atom is 0.261 e. The maximum absolute atomic E-state index is 12.8. The fourth-order valence-electron chi connectivity index (χ4n) is 3.23. The Morgan fingerprint density at radius 2 is 1.77 bits per heavy atom. The van der Waals surface area contributed by atoms with Crippen LogP contribution in [0, 0.1) is 6.92 Å². The standard InChI is InChI=1S/C23H22N6O2/c1-14-8-10-25-18(12-14)27-19-13-16-9-11-29(3)23(31)20(16)21(28-19)26-17-6-4-15(5-7-17)22(30)24-2/h4-13H,1-3H3,(H,24,30)(H2,25,26,27,28). The molecule has 3 heterocycles. The largest absolute Gasteiger partial charge is 0.355 e. The Labute approximate surface area is 179 Å². The van der Waals surface area contributed by atoms with Crippen LogP contribution < -0.4 is 21.5 Å². The molecule has 1 amide bonds. The van der Waals surface area contributed by atoms with Gasteiger partial charge in [0.1, 0.15) is 17.5 Å². The Kier molecular flexibility index (Phi) is 5.36. The van der Waals surface area contributed by atoms with E-state index in [1.807, 2.05) is 31.2 Å². The number of rotatable bonds is 5. The highest BCUT2D eigenvalue weighted by atomic mass is 16.1. The molecule has 156 valence electrons. The molecular formula is C23H22N6O2. The SMILES string of the molecule is CNC(=O)c1ccc(Nc2nc(Nc3cc(C)ccn3)cc3ccn(C)c(=O)c23)cc1. The number of aryl methyl sites for hydroxylation is 2. The van der Waals surface area contributed by atoms with Crippen LogP contribution in [0.5, 0.6) is 0 Å². The van der Waals surface area contributed by atoms with Crippen LogP contribution >= 0.6 is 0 Å². The van der Waals surface area contributed by atoms with Crippen LogP contribution in [0.2, 0.25) is 0 Å². The minimum absolute atomic E-state index is 0.158. The lowest BCUT2D eigenvalue weighted by Crippen LogP contribution is -2.18. The van der Waals surface area contributed by atoms with Crippen LogP contribution in [0.4, 0.5) is 23.1 Å². The minimum Gasteiger partial charge on any atom is -0.355 e. The summed E-state index contributed by atoms with van der Waals surface area (Å²) in [5.74, 6) is 1.47. The van der Waals surface area contributed by atoms with Gasteiger partial charge in [-0.2, -0.15) is 0 Å². The number of carbonyl (C=O) groups excluding carboxylic acids is 1. The van der Waals surface area contributed by atoms with Gasteiger partial charge in [0, 0.05) is 37.7 Å². The number of anilines is 4. The molecule has 4 aromatic rings. The van der Waals surface area contributed by atoms with Crippen molar-refractivity contribution in [2.45, 2.75) is 6.92 Å². The monoisotopic (exact) mass is 414 g/mol.